The average Bonchev–Trinajstić information content (AvgIpc) is 3.22. The van der Waals surface area contributed by atoms with Gasteiger partial charge in [0.1, 0.15) is 11.6 Å². The number of carbonyl (C=O) groups excluding carboxylic acids is 3. The van der Waals surface area contributed by atoms with Gasteiger partial charge in [-0.15, -0.1) is 0 Å². The molecule has 4 aliphatic rings. The predicted octanol–water partition coefficient (Wildman–Crippen LogP) is 3.70. The van der Waals surface area contributed by atoms with Gasteiger partial charge >= 0.3 is 0 Å². The van der Waals surface area contributed by atoms with Crippen molar-refractivity contribution in [2.75, 3.05) is 26.2 Å². The highest BCUT2D eigenvalue weighted by atomic mass is 16.5. The number of likely N-dealkylation sites (tertiary alicyclic amines) is 1. The molecule has 0 saturated carbocycles. The summed E-state index contributed by atoms with van der Waals surface area (Å²) in [7, 11) is 0. The summed E-state index contributed by atoms with van der Waals surface area (Å²) >= 11 is 0. The number of aliphatic hydroxyl groups is 1. The highest BCUT2D eigenvalue weighted by Gasteiger charge is 2.75. The Hall–Kier alpha value is -2.97. The third-order valence-electron chi connectivity index (χ3n) is 9.36. The van der Waals surface area contributed by atoms with Crippen LogP contribution in [0.25, 0.3) is 0 Å². The Labute approximate surface area is 244 Å². The van der Waals surface area contributed by atoms with Crippen molar-refractivity contribution in [2.24, 2.45) is 11.8 Å². The molecule has 0 aromatic heterocycles. The van der Waals surface area contributed by atoms with Crippen LogP contribution in [0.15, 0.2) is 54.6 Å². The van der Waals surface area contributed by atoms with E-state index in [0.29, 0.717) is 39.0 Å². The van der Waals surface area contributed by atoms with E-state index in [1.54, 1.807) is 4.90 Å². The lowest BCUT2D eigenvalue weighted by atomic mass is 9.73. The van der Waals surface area contributed by atoms with E-state index in [0.717, 1.165) is 24.8 Å². The second-order valence-electron chi connectivity index (χ2n) is 12.9. The van der Waals surface area contributed by atoms with Gasteiger partial charge in [-0.05, 0) is 45.6 Å². The maximum Gasteiger partial charge on any atom is 0.249 e. The number of nitrogens with zero attached hydrogens (tertiary/aromatic N) is 3. The van der Waals surface area contributed by atoms with Gasteiger partial charge in [-0.3, -0.25) is 14.4 Å². The van der Waals surface area contributed by atoms with Crippen molar-refractivity contribution in [3.05, 3.63) is 60.2 Å². The summed E-state index contributed by atoms with van der Waals surface area (Å²) in [6, 6.07) is 9.05. The fourth-order valence-electron chi connectivity index (χ4n) is 7.35. The molecule has 1 spiro atoms. The molecule has 5 rings (SSSR count). The third-order valence-corrected chi connectivity index (χ3v) is 9.36. The Morgan fingerprint density at radius 3 is 2.29 bits per heavy atom. The van der Waals surface area contributed by atoms with Crippen molar-refractivity contribution < 1.29 is 24.2 Å². The molecule has 4 aliphatic heterocycles. The van der Waals surface area contributed by atoms with E-state index in [1.807, 2.05) is 92.1 Å². The molecular formula is C33H45N3O5. The van der Waals surface area contributed by atoms with E-state index in [1.165, 1.54) is 0 Å². The third kappa shape index (κ3) is 5.03. The smallest absolute Gasteiger partial charge is 0.249 e. The standard InChI is InChI=1S/C33H45N3O5/c1-5-32-17-13-19-34(23-24-15-9-8-10-16-24)28(38)25(32)26-29(39)35(20-11-6-7-12-22-37)27-30(40)36(31(2,3)4)21-14-18-33(26,27)41-32/h8-10,13-18,25-27,37H,5-7,11-12,19-23H2,1-4H3/t25-,26-,27?,32+,33-/m0/s1. The van der Waals surface area contributed by atoms with Crippen molar-refractivity contribution in [3.8, 4) is 0 Å². The Balaban J connectivity index is 1.56. The van der Waals surface area contributed by atoms with Crippen molar-refractivity contribution in [1.82, 2.24) is 14.7 Å². The molecule has 0 bridgehead atoms. The Bertz CT molecular complexity index is 1210. The molecule has 1 aromatic rings. The lowest BCUT2D eigenvalue weighted by Gasteiger charge is -2.41. The number of fused-ring (bicyclic) bond motifs is 2. The molecule has 4 heterocycles. The zero-order valence-corrected chi connectivity index (χ0v) is 24.9. The van der Waals surface area contributed by atoms with Crippen LogP contribution in [0.3, 0.4) is 0 Å². The number of rotatable bonds is 9. The minimum atomic E-state index is -1.23. The summed E-state index contributed by atoms with van der Waals surface area (Å²) in [5.74, 6) is -1.93. The maximum absolute atomic E-state index is 14.5. The number of ether oxygens (including phenoxy) is 1. The summed E-state index contributed by atoms with van der Waals surface area (Å²) in [6.45, 7) is 9.87. The second-order valence-corrected chi connectivity index (χ2v) is 12.9. The first-order valence-corrected chi connectivity index (χ1v) is 15.2. The molecule has 5 atom stereocenters. The summed E-state index contributed by atoms with van der Waals surface area (Å²) in [5.41, 5.74) is -1.63. The van der Waals surface area contributed by atoms with Crippen LogP contribution in [0.4, 0.5) is 0 Å². The lowest BCUT2D eigenvalue weighted by molar-refractivity contribution is -0.156. The molecule has 8 nitrogen and oxygen atoms in total. The van der Waals surface area contributed by atoms with Gasteiger partial charge in [0.2, 0.25) is 17.7 Å². The lowest BCUT2D eigenvalue weighted by Crippen LogP contribution is -2.59. The highest BCUT2D eigenvalue weighted by Crippen LogP contribution is 2.58. The second kappa shape index (κ2) is 11.4. The van der Waals surface area contributed by atoms with E-state index in [9.17, 15) is 19.5 Å². The van der Waals surface area contributed by atoms with E-state index in [4.69, 9.17) is 4.74 Å². The van der Waals surface area contributed by atoms with E-state index < -0.39 is 34.6 Å². The van der Waals surface area contributed by atoms with Crippen molar-refractivity contribution in [1.29, 1.82) is 0 Å². The minimum Gasteiger partial charge on any atom is -0.396 e. The van der Waals surface area contributed by atoms with Gasteiger partial charge in [-0.1, -0.05) is 74.4 Å². The van der Waals surface area contributed by atoms with Crippen LogP contribution in [0.1, 0.15) is 65.4 Å². The maximum atomic E-state index is 14.5. The van der Waals surface area contributed by atoms with Crippen LogP contribution < -0.4 is 0 Å². The first-order chi connectivity index (χ1) is 19.6. The predicted molar refractivity (Wildman–Crippen MR) is 156 cm³/mol. The van der Waals surface area contributed by atoms with Crippen molar-refractivity contribution in [3.63, 3.8) is 0 Å². The summed E-state index contributed by atoms with van der Waals surface area (Å²) in [5, 5.41) is 9.19. The van der Waals surface area contributed by atoms with Crippen LogP contribution in [0.5, 0.6) is 0 Å². The van der Waals surface area contributed by atoms with Crippen molar-refractivity contribution >= 4 is 17.7 Å². The van der Waals surface area contributed by atoms with Gasteiger partial charge in [-0.2, -0.15) is 0 Å². The molecule has 3 amide bonds. The van der Waals surface area contributed by atoms with Crippen LogP contribution in [0, 0.1) is 11.8 Å². The quantitative estimate of drug-likeness (QED) is 0.366. The first-order valence-electron chi connectivity index (χ1n) is 15.2. The fourth-order valence-corrected chi connectivity index (χ4v) is 7.35. The summed E-state index contributed by atoms with van der Waals surface area (Å²) < 4.78 is 7.06. The summed E-state index contributed by atoms with van der Waals surface area (Å²) in [6.07, 6.45) is 11.5. The van der Waals surface area contributed by atoms with E-state index in [-0.39, 0.29) is 24.3 Å². The Kier molecular flexibility index (Phi) is 8.18. The van der Waals surface area contributed by atoms with Gasteiger partial charge in [0.05, 0.1) is 17.4 Å². The molecule has 0 radical (unpaired) electrons. The Morgan fingerprint density at radius 1 is 0.902 bits per heavy atom. The van der Waals surface area contributed by atoms with Gasteiger partial charge in [-0.25, -0.2) is 0 Å². The minimum absolute atomic E-state index is 0.0998. The molecule has 0 aliphatic carbocycles. The van der Waals surface area contributed by atoms with Gasteiger partial charge < -0.3 is 24.5 Å². The normalized spacial score (nSPS) is 31.3. The monoisotopic (exact) mass is 563 g/mol. The number of carbonyl (C=O) groups is 3. The van der Waals surface area contributed by atoms with E-state index >= 15 is 0 Å². The number of aliphatic hydroxyl groups excluding tert-OH is 1. The van der Waals surface area contributed by atoms with Crippen LogP contribution >= 0.6 is 0 Å². The topological polar surface area (TPSA) is 90.4 Å². The van der Waals surface area contributed by atoms with Gasteiger partial charge in [0, 0.05) is 38.3 Å². The molecular weight excluding hydrogens is 518 g/mol. The number of hydrogen-bond donors (Lipinski definition) is 1. The molecule has 2 fully saturated rings. The molecule has 222 valence electrons. The number of benzene rings is 1. The molecule has 2 saturated heterocycles. The van der Waals surface area contributed by atoms with Gasteiger partial charge in [0.15, 0.2) is 0 Å². The molecule has 1 unspecified atom stereocenters. The molecule has 1 aromatic carbocycles. The van der Waals surface area contributed by atoms with E-state index in [2.05, 4.69) is 0 Å². The average molecular weight is 564 g/mol. The number of hydrogen-bond acceptors (Lipinski definition) is 5. The Morgan fingerprint density at radius 2 is 1.61 bits per heavy atom. The van der Waals surface area contributed by atoms with Crippen LogP contribution in [0.2, 0.25) is 0 Å². The zero-order chi connectivity index (χ0) is 29.4. The van der Waals surface area contributed by atoms with Crippen LogP contribution in [-0.2, 0) is 25.7 Å². The largest absolute Gasteiger partial charge is 0.396 e. The zero-order valence-electron chi connectivity index (χ0n) is 24.9. The number of amides is 3. The molecule has 1 N–H and O–H groups in total. The van der Waals surface area contributed by atoms with Crippen molar-refractivity contribution in [2.45, 2.75) is 89.1 Å². The summed E-state index contributed by atoms with van der Waals surface area (Å²) in [4.78, 5) is 48.8. The molecule has 41 heavy (non-hydrogen) atoms. The highest BCUT2D eigenvalue weighted by molar-refractivity contribution is 6.00. The SMILES string of the molecule is CC[C@@]12C=CCN(Cc3ccccc3)C(=O)[C@@H]1[C@H]1C(=O)N(CCCCCCO)C3C(=O)N(C(C)(C)C)CC=C[C@@]31O2. The van der Waals surface area contributed by atoms with Crippen LogP contribution in [-0.4, -0.2) is 86.6 Å². The fraction of sp³-hybridized carbons (Fsp3) is 0.606. The van der Waals surface area contributed by atoms with Gasteiger partial charge in [0.25, 0.3) is 0 Å². The molecule has 8 heteroatoms. The number of unbranched alkanes of at least 4 members (excludes halogenated alkanes) is 3. The first kappa shape index (κ1) is 29.5.